The monoisotopic (exact) mass is 442 g/mol. The number of thiol groups is 1. The molecule has 1 aromatic rings. The minimum absolute atomic E-state index is 0.0957. The zero-order chi connectivity index (χ0) is 22.8. The van der Waals surface area contributed by atoms with Crippen LogP contribution in [0.25, 0.3) is 0 Å². The summed E-state index contributed by atoms with van der Waals surface area (Å²) < 4.78 is 0. The average Bonchev–Trinajstić information content (AvgIpc) is 3.21. The van der Waals surface area contributed by atoms with E-state index in [1.54, 1.807) is 13.1 Å². The third kappa shape index (κ3) is 7.67. The molecule has 12 heteroatoms. The van der Waals surface area contributed by atoms with Crippen LogP contribution in [0, 0.1) is 5.92 Å². The Morgan fingerprint density at radius 2 is 1.83 bits per heavy atom. The number of rotatable bonds is 12. The van der Waals surface area contributed by atoms with E-state index in [1.807, 2.05) is 6.92 Å². The summed E-state index contributed by atoms with van der Waals surface area (Å²) >= 11 is 3.88. The quantitative estimate of drug-likeness (QED) is 0.199. The number of carbonyl (C=O) groups excluding carboxylic acids is 3. The number of aromatic amines is 1. The van der Waals surface area contributed by atoms with E-state index in [4.69, 9.17) is 10.8 Å². The van der Waals surface area contributed by atoms with Crippen LogP contribution in [0.15, 0.2) is 12.5 Å². The Bertz CT molecular complexity index is 729. The SMILES string of the molecule is CCC(C)C(NC(=O)C(N)Cc1cnc[nH]1)C(=O)NC(C)C(=O)NC(CS)C(=O)O. The highest BCUT2D eigenvalue weighted by Crippen LogP contribution is 2.09. The summed E-state index contributed by atoms with van der Waals surface area (Å²) in [5, 5.41) is 16.5. The topological polar surface area (TPSA) is 179 Å². The van der Waals surface area contributed by atoms with E-state index in [9.17, 15) is 19.2 Å². The summed E-state index contributed by atoms with van der Waals surface area (Å²) in [5.74, 6) is -3.30. The number of amides is 3. The number of nitrogens with two attached hydrogens (primary N) is 1. The molecule has 0 aliphatic heterocycles. The molecule has 0 saturated carbocycles. The molecular weight excluding hydrogens is 412 g/mol. The van der Waals surface area contributed by atoms with Gasteiger partial charge in [-0.1, -0.05) is 20.3 Å². The molecule has 11 nitrogen and oxygen atoms in total. The molecule has 0 aliphatic carbocycles. The highest BCUT2D eigenvalue weighted by Gasteiger charge is 2.30. The van der Waals surface area contributed by atoms with Gasteiger partial charge in [0, 0.05) is 24.1 Å². The van der Waals surface area contributed by atoms with E-state index in [1.165, 1.54) is 13.3 Å². The van der Waals surface area contributed by atoms with Crippen molar-refractivity contribution in [1.29, 1.82) is 0 Å². The predicted octanol–water partition coefficient (Wildman–Crippen LogP) is -1.19. The second-order valence-electron chi connectivity index (χ2n) is 7.07. The van der Waals surface area contributed by atoms with Crippen molar-refractivity contribution < 1.29 is 24.3 Å². The number of aromatic nitrogens is 2. The van der Waals surface area contributed by atoms with Gasteiger partial charge in [-0.25, -0.2) is 9.78 Å². The van der Waals surface area contributed by atoms with Gasteiger partial charge >= 0.3 is 5.97 Å². The molecule has 0 radical (unpaired) electrons. The zero-order valence-corrected chi connectivity index (χ0v) is 18.1. The first kappa shape index (κ1) is 25.4. The van der Waals surface area contributed by atoms with E-state index in [-0.39, 0.29) is 18.1 Å². The fourth-order valence-corrected chi connectivity index (χ4v) is 2.79. The summed E-state index contributed by atoms with van der Waals surface area (Å²) in [6, 6.07) is -3.99. The van der Waals surface area contributed by atoms with Crippen molar-refractivity contribution in [3.63, 3.8) is 0 Å². The van der Waals surface area contributed by atoms with Gasteiger partial charge in [0.2, 0.25) is 17.7 Å². The molecule has 1 rings (SSSR count). The van der Waals surface area contributed by atoms with Gasteiger partial charge in [-0.3, -0.25) is 14.4 Å². The maximum Gasteiger partial charge on any atom is 0.327 e. The highest BCUT2D eigenvalue weighted by atomic mass is 32.1. The number of H-pyrrole nitrogens is 1. The number of carbonyl (C=O) groups is 4. The molecule has 3 amide bonds. The Morgan fingerprint density at radius 1 is 1.17 bits per heavy atom. The third-order valence-electron chi connectivity index (χ3n) is 4.67. The second-order valence-corrected chi connectivity index (χ2v) is 7.44. The van der Waals surface area contributed by atoms with E-state index >= 15 is 0 Å². The Morgan fingerprint density at radius 3 is 2.33 bits per heavy atom. The van der Waals surface area contributed by atoms with Gasteiger partial charge in [0.1, 0.15) is 18.1 Å². The van der Waals surface area contributed by atoms with Crippen LogP contribution in [0.3, 0.4) is 0 Å². The Kier molecular flexibility index (Phi) is 10.3. The maximum absolute atomic E-state index is 12.7. The van der Waals surface area contributed by atoms with Gasteiger partial charge in [0.15, 0.2) is 0 Å². The molecule has 0 spiro atoms. The number of aliphatic carboxylic acids is 1. The van der Waals surface area contributed by atoms with Gasteiger partial charge < -0.3 is 31.8 Å². The van der Waals surface area contributed by atoms with Crippen LogP contribution in [-0.4, -0.2) is 68.7 Å². The van der Waals surface area contributed by atoms with Crippen molar-refractivity contribution in [2.24, 2.45) is 11.7 Å². The molecule has 0 saturated heterocycles. The number of nitrogens with one attached hydrogen (secondary N) is 4. The van der Waals surface area contributed by atoms with Crippen LogP contribution in [0.4, 0.5) is 0 Å². The predicted molar refractivity (Wildman–Crippen MR) is 113 cm³/mol. The minimum Gasteiger partial charge on any atom is -0.480 e. The smallest absolute Gasteiger partial charge is 0.327 e. The molecular formula is C18H30N6O5S. The van der Waals surface area contributed by atoms with Crippen molar-refractivity contribution in [3.05, 3.63) is 18.2 Å². The van der Waals surface area contributed by atoms with Gasteiger partial charge in [0.05, 0.1) is 12.4 Å². The van der Waals surface area contributed by atoms with Crippen molar-refractivity contribution in [2.45, 2.75) is 57.8 Å². The zero-order valence-electron chi connectivity index (χ0n) is 17.2. The molecule has 30 heavy (non-hydrogen) atoms. The standard InChI is InChI=1S/C18H30N6O5S/c1-4-9(2)14(24-16(26)12(19)5-11-6-20-8-21-11)17(27)22-10(3)15(25)23-13(7-30)18(28)29/h6,8-10,12-14,30H,4-5,7,19H2,1-3H3,(H,20,21)(H,22,27)(H,23,25)(H,24,26)(H,28,29). The Hall–Kier alpha value is -2.60. The van der Waals surface area contributed by atoms with Crippen LogP contribution in [0.1, 0.15) is 32.9 Å². The van der Waals surface area contributed by atoms with Crippen LogP contribution in [0.2, 0.25) is 0 Å². The van der Waals surface area contributed by atoms with Crippen LogP contribution < -0.4 is 21.7 Å². The summed E-state index contributed by atoms with van der Waals surface area (Å²) in [4.78, 5) is 55.1. The molecule has 0 aliphatic rings. The molecule has 0 bridgehead atoms. The Balaban J connectivity index is 2.74. The Labute approximate surface area is 180 Å². The lowest BCUT2D eigenvalue weighted by Crippen LogP contribution is -2.58. The molecule has 1 aromatic heterocycles. The molecule has 1 heterocycles. The summed E-state index contributed by atoms with van der Waals surface area (Å²) in [5.41, 5.74) is 6.61. The van der Waals surface area contributed by atoms with E-state index in [0.717, 1.165) is 0 Å². The molecule has 0 fully saturated rings. The normalized spacial score (nSPS) is 15.9. The highest BCUT2D eigenvalue weighted by molar-refractivity contribution is 7.80. The van der Waals surface area contributed by atoms with Gasteiger partial charge in [0.25, 0.3) is 0 Å². The maximum atomic E-state index is 12.7. The summed E-state index contributed by atoms with van der Waals surface area (Å²) in [6.45, 7) is 5.07. The van der Waals surface area contributed by atoms with Crippen LogP contribution >= 0.6 is 12.6 Å². The van der Waals surface area contributed by atoms with Crippen molar-refractivity contribution in [3.8, 4) is 0 Å². The number of hydrogen-bond acceptors (Lipinski definition) is 7. The lowest BCUT2D eigenvalue weighted by Gasteiger charge is -2.26. The van der Waals surface area contributed by atoms with Crippen LogP contribution in [-0.2, 0) is 25.6 Å². The van der Waals surface area contributed by atoms with Crippen LogP contribution in [0.5, 0.6) is 0 Å². The molecule has 168 valence electrons. The van der Waals surface area contributed by atoms with Gasteiger partial charge in [-0.2, -0.15) is 12.6 Å². The first-order valence-corrected chi connectivity index (χ1v) is 10.2. The van der Waals surface area contributed by atoms with Crippen molar-refractivity contribution in [1.82, 2.24) is 25.9 Å². The summed E-state index contributed by atoms with van der Waals surface area (Å²) in [7, 11) is 0. The van der Waals surface area contributed by atoms with Gasteiger partial charge in [-0.05, 0) is 12.8 Å². The van der Waals surface area contributed by atoms with E-state index in [2.05, 4.69) is 38.5 Å². The molecule has 0 aromatic carbocycles. The van der Waals surface area contributed by atoms with Crippen molar-refractivity contribution in [2.75, 3.05) is 5.75 Å². The van der Waals surface area contributed by atoms with E-state index in [0.29, 0.717) is 12.1 Å². The number of carboxylic acid groups (broad SMARTS) is 1. The molecule has 5 atom stereocenters. The fourth-order valence-electron chi connectivity index (χ4n) is 2.54. The second kappa shape index (κ2) is 12.2. The number of carboxylic acids is 1. The molecule has 5 unspecified atom stereocenters. The number of imidazole rings is 1. The summed E-state index contributed by atoms with van der Waals surface area (Å²) in [6.07, 6.45) is 3.85. The first-order chi connectivity index (χ1) is 14.1. The lowest BCUT2D eigenvalue weighted by atomic mass is 9.97. The third-order valence-corrected chi connectivity index (χ3v) is 5.04. The molecule has 7 N–H and O–H groups in total. The first-order valence-electron chi connectivity index (χ1n) is 9.58. The largest absolute Gasteiger partial charge is 0.480 e. The van der Waals surface area contributed by atoms with E-state index < -0.39 is 47.9 Å². The van der Waals surface area contributed by atoms with Crippen molar-refractivity contribution >= 4 is 36.3 Å². The number of nitrogens with zero attached hydrogens (tertiary/aromatic N) is 1. The minimum atomic E-state index is -1.23. The number of hydrogen-bond donors (Lipinski definition) is 7. The average molecular weight is 443 g/mol. The lowest BCUT2D eigenvalue weighted by molar-refractivity contribution is -0.141. The van der Waals surface area contributed by atoms with Gasteiger partial charge in [-0.15, -0.1) is 0 Å². The fraction of sp³-hybridized carbons (Fsp3) is 0.611.